The van der Waals surface area contributed by atoms with Gasteiger partial charge in [-0.3, -0.25) is 0 Å². The Kier molecular flexibility index (Phi) is 5.33. The second kappa shape index (κ2) is 7.92. The van der Waals surface area contributed by atoms with Gasteiger partial charge < -0.3 is 8.94 Å². The van der Waals surface area contributed by atoms with Crippen LogP contribution in [-0.2, 0) is 21.3 Å². The normalized spacial score (nSPS) is 11.7. The van der Waals surface area contributed by atoms with Crippen molar-refractivity contribution in [3.63, 3.8) is 0 Å². The second-order valence-corrected chi connectivity index (χ2v) is 9.30. The van der Waals surface area contributed by atoms with E-state index in [2.05, 4.69) is 26.1 Å². The van der Waals surface area contributed by atoms with Gasteiger partial charge in [0.2, 0.25) is 5.82 Å². The Labute approximate surface area is 174 Å². The van der Waals surface area contributed by atoms with Crippen LogP contribution in [0.5, 0.6) is 0 Å². The van der Waals surface area contributed by atoms with E-state index in [9.17, 15) is 12.8 Å². The molecule has 0 N–H and O–H groups in total. The Morgan fingerprint density at radius 2 is 1.72 bits per heavy atom. The maximum atomic E-state index is 13.7. The fraction of sp³-hybridized carbons (Fsp3) is 0.100. The Morgan fingerprint density at radius 3 is 2.48 bits per heavy atom. The van der Waals surface area contributed by atoms with Crippen molar-refractivity contribution >= 4 is 25.8 Å². The zero-order valence-electron chi connectivity index (χ0n) is 14.9. The summed E-state index contributed by atoms with van der Waals surface area (Å²) in [7, 11) is -3.63. The number of furan rings is 1. The Bertz CT molecular complexity index is 1250. The molecule has 0 spiro atoms. The van der Waals surface area contributed by atoms with Gasteiger partial charge in [0.1, 0.15) is 17.3 Å². The molecule has 0 saturated carbocycles. The molecule has 2 aromatic carbocycles. The molecule has 6 nitrogen and oxygen atoms in total. The third-order valence-electron chi connectivity index (χ3n) is 4.10. The summed E-state index contributed by atoms with van der Waals surface area (Å²) < 4.78 is 50.3. The fourth-order valence-electron chi connectivity index (χ4n) is 2.73. The summed E-state index contributed by atoms with van der Waals surface area (Å²) in [5, 5.41) is 3.92. The molecule has 0 aliphatic heterocycles. The number of benzene rings is 2. The highest BCUT2D eigenvalue weighted by Gasteiger charge is 2.20. The minimum absolute atomic E-state index is 0.121. The maximum absolute atomic E-state index is 13.7. The van der Waals surface area contributed by atoms with Gasteiger partial charge in [0, 0.05) is 15.6 Å². The lowest BCUT2D eigenvalue weighted by atomic mass is 10.2. The molecule has 148 valence electrons. The van der Waals surface area contributed by atoms with Crippen LogP contribution in [0.1, 0.15) is 11.3 Å². The molecule has 0 bridgehead atoms. The van der Waals surface area contributed by atoms with Crippen LogP contribution in [0.25, 0.3) is 23.0 Å². The number of hydrogen-bond donors (Lipinski definition) is 0. The summed E-state index contributed by atoms with van der Waals surface area (Å²) in [6, 6.07) is 16.3. The average molecular weight is 477 g/mol. The third kappa shape index (κ3) is 4.63. The highest BCUT2D eigenvalue weighted by atomic mass is 79.9. The van der Waals surface area contributed by atoms with E-state index in [4.69, 9.17) is 8.94 Å². The molecule has 0 unspecified atom stereocenters. The summed E-state index contributed by atoms with van der Waals surface area (Å²) >= 11 is 3.36. The smallest absolute Gasteiger partial charge is 0.293 e. The fourth-order valence-corrected chi connectivity index (χ4v) is 4.39. The molecule has 4 aromatic rings. The largest absolute Gasteiger partial charge is 0.455 e. The summed E-state index contributed by atoms with van der Waals surface area (Å²) in [5.74, 6) is -0.337. The topological polar surface area (TPSA) is 86.2 Å². The Hall–Kier alpha value is -2.78. The number of sulfone groups is 1. The average Bonchev–Trinajstić information content (AvgIpc) is 3.33. The van der Waals surface area contributed by atoms with Crippen LogP contribution in [0.3, 0.4) is 0 Å². The van der Waals surface area contributed by atoms with E-state index in [-0.39, 0.29) is 28.7 Å². The highest BCUT2D eigenvalue weighted by Crippen LogP contribution is 2.26. The monoisotopic (exact) mass is 476 g/mol. The Morgan fingerprint density at radius 1 is 0.966 bits per heavy atom. The van der Waals surface area contributed by atoms with Crippen LogP contribution >= 0.6 is 15.9 Å². The first kappa shape index (κ1) is 19.5. The standard InChI is InChI=1S/C20H14BrFN2O4S/c21-15-7-5-13(6-8-15)19-23-20(28-24-19)18-10-9-16(27-18)12-29(25,26)11-14-3-1-2-4-17(14)22/h1-10H,11-12H2. The van der Waals surface area contributed by atoms with Crippen molar-refractivity contribution in [3.8, 4) is 23.0 Å². The van der Waals surface area contributed by atoms with E-state index in [1.54, 1.807) is 12.1 Å². The van der Waals surface area contributed by atoms with Crippen LogP contribution in [0, 0.1) is 5.82 Å². The van der Waals surface area contributed by atoms with Gasteiger partial charge in [-0.15, -0.1) is 0 Å². The van der Waals surface area contributed by atoms with Crippen LogP contribution in [0.15, 0.2) is 74.1 Å². The molecule has 0 saturated heterocycles. The predicted molar refractivity (Wildman–Crippen MR) is 108 cm³/mol. The summed E-state index contributed by atoms with van der Waals surface area (Å²) in [6.07, 6.45) is 0. The van der Waals surface area contributed by atoms with Crippen LogP contribution in [-0.4, -0.2) is 18.6 Å². The zero-order valence-corrected chi connectivity index (χ0v) is 17.3. The number of hydrogen-bond acceptors (Lipinski definition) is 6. The van der Waals surface area contributed by atoms with Crippen molar-refractivity contribution in [1.82, 2.24) is 10.1 Å². The van der Waals surface area contributed by atoms with Gasteiger partial charge in [-0.25, -0.2) is 12.8 Å². The van der Waals surface area contributed by atoms with Gasteiger partial charge in [0.05, 0.1) is 5.75 Å². The molecule has 2 heterocycles. The van der Waals surface area contributed by atoms with Crippen molar-refractivity contribution < 1.29 is 21.7 Å². The summed E-state index contributed by atoms with van der Waals surface area (Å²) in [4.78, 5) is 4.28. The lowest BCUT2D eigenvalue weighted by molar-refractivity contribution is 0.413. The van der Waals surface area contributed by atoms with Crippen LogP contribution in [0.2, 0.25) is 0 Å². The number of halogens is 2. The van der Waals surface area contributed by atoms with E-state index >= 15 is 0 Å². The van der Waals surface area contributed by atoms with E-state index in [0.29, 0.717) is 5.82 Å². The summed E-state index contributed by atoms with van der Waals surface area (Å²) in [6.45, 7) is 0. The first-order valence-corrected chi connectivity index (χ1v) is 11.1. The minimum atomic E-state index is -3.63. The van der Waals surface area contributed by atoms with Crippen molar-refractivity contribution in [2.75, 3.05) is 0 Å². The van der Waals surface area contributed by atoms with Gasteiger partial charge in [-0.1, -0.05) is 39.3 Å². The molecule has 0 amide bonds. The third-order valence-corrected chi connectivity index (χ3v) is 6.10. The van der Waals surface area contributed by atoms with E-state index < -0.39 is 21.4 Å². The van der Waals surface area contributed by atoms with Gasteiger partial charge in [0.25, 0.3) is 5.89 Å². The Balaban J connectivity index is 1.50. The minimum Gasteiger partial charge on any atom is -0.455 e. The molecule has 29 heavy (non-hydrogen) atoms. The second-order valence-electron chi connectivity index (χ2n) is 6.32. The van der Waals surface area contributed by atoms with Crippen molar-refractivity contribution in [2.24, 2.45) is 0 Å². The first-order valence-electron chi connectivity index (χ1n) is 8.52. The van der Waals surface area contributed by atoms with Crippen molar-refractivity contribution in [1.29, 1.82) is 0 Å². The first-order chi connectivity index (χ1) is 13.9. The van der Waals surface area contributed by atoms with Gasteiger partial charge in [-0.05, 0) is 42.5 Å². The molecular weight excluding hydrogens is 463 g/mol. The van der Waals surface area contributed by atoms with Crippen LogP contribution < -0.4 is 0 Å². The van der Waals surface area contributed by atoms with E-state index in [0.717, 1.165) is 10.0 Å². The molecule has 0 atom stereocenters. The number of nitrogens with zero attached hydrogens (tertiary/aromatic N) is 2. The van der Waals surface area contributed by atoms with Gasteiger partial charge >= 0.3 is 0 Å². The zero-order chi connectivity index (χ0) is 20.4. The maximum Gasteiger partial charge on any atom is 0.293 e. The molecule has 0 radical (unpaired) electrons. The summed E-state index contributed by atoms with van der Waals surface area (Å²) in [5.41, 5.74) is 0.887. The molecule has 0 aliphatic carbocycles. The number of aromatic nitrogens is 2. The quantitative estimate of drug-likeness (QED) is 0.388. The highest BCUT2D eigenvalue weighted by molar-refractivity contribution is 9.10. The SMILES string of the molecule is O=S(=O)(Cc1ccc(-c2nc(-c3ccc(Br)cc3)no2)o1)Cc1ccccc1F. The van der Waals surface area contributed by atoms with Crippen molar-refractivity contribution in [3.05, 3.63) is 82.3 Å². The van der Waals surface area contributed by atoms with Crippen LogP contribution in [0.4, 0.5) is 4.39 Å². The molecule has 0 aliphatic rings. The molecular formula is C20H14BrFN2O4S. The van der Waals surface area contributed by atoms with E-state index in [1.165, 1.54) is 24.3 Å². The molecule has 9 heteroatoms. The lowest BCUT2D eigenvalue weighted by Crippen LogP contribution is -2.08. The molecule has 0 fully saturated rings. The molecule has 4 rings (SSSR count). The van der Waals surface area contributed by atoms with Gasteiger partial charge in [0.15, 0.2) is 15.6 Å². The van der Waals surface area contributed by atoms with Crippen molar-refractivity contribution in [2.45, 2.75) is 11.5 Å². The lowest BCUT2D eigenvalue weighted by Gasteiger charge is -2.04. The molecule has 2 aromatic heterocycles. The van der Waals surface area contributed by atoms with E-state index in [1.807, 2.05) is 24.3 Å². The predicted octanol–water partition coefficient (Wildman–Crippen LogP) is 5.01. The number of rotatable bonds is 6. The van der Waals surface area contributed by atoms with Gasteiger partial charge in [-0.2, -0.15) is 4.98 Å².